The average Bonchev–Trinajstić information content (AvgIpc) is 3.33. The minimum Gasteiger partial charge on any atom is -0.462 e. The summed E-state index contributed by atoms with van der Waals surface area (Å²) in [5.74, 6) is -0.874. The van der Waals surface area contributed by atoms with Crippen LogP contribution < -0.4 is 0 Å². The van der Waals surface area contributed by atoms with E-state index in [4.69, 9.17) is 14.2 Å². The highest BCUT2D eigenvalue weighted by molar-refractivity contribution is 5.71. The van der Waals surface area contributed by atoms with Crippen LogP contribution in [0.25, 0.3) is 0 Å². The standard InChI is InChI=1S/C61H112O6/c1-4-7-10-13-16-19-22-25-27-29-30-32-33-36-39-42-45-48-51-54-60(63)66-57-58(56-65-59(62)53-50-47-44-41-38-35-24-21-18-15-12-9-6-3)67-61(64)55-52-49-46-43-40-37-34-31-28-26-23-20-17-14-11-8-5-2/h9,12,15,18,21,24,58H,4-8,10-11,13-14,16-17,19-20,22-23,25-57H2,1-3H3/b12-9-,18-15-,24-21-. The maximum absolute atomic E-state index is 12.9. The molecule has 0 aromatic carbocycles. The molecule has 0 aliphatic heterocycles. The Morgan fingerprint density at radius 3 is 0.896 bits per heavy atom. The number of carbonyl (C=O) groups is 3. The topological polar surface area (TPSA) is 78.9 Å². The zero-order chi connectivity index (χ0) is 48.6. The minimum absolute atomic E-state index is 0.0737. The number of hydrogen-bond acceptors (Lipinski definition) is 6. The summed E-state index contributed by atoms with van der Waals surface area (Å²) in [5, 5.41) is 0. The zero-order valence-electron chi connectivity index (χ0n) is 44.9. The molecular weight excluding hydrogens is 829 g/mol. The van der Waals surface area contributed by atoms with Gasteiger partial charge in [0.25, 0.3) is 0 Å². The number of carbonyl (C=O) groups excluding carboxylic acids is 3. The molecule has 0 N–H and O–H groups in total. The van der Waals surface area contributed by atoms with Gasteiger partial charge in [-0.1, -0.05) is 295 Å². The van der Waals surface area contributed by atoms with Gasteiger partial charge in [-0.15, -0.1) is 0 Å². The first-order chi connectivity index (χ1) is 33.0. The van der Waals surface area contributed by atoms with Crippen LogP contribution in [-0.2, 0) is 28.6 Å². The summed E-state index contributed by atoms with van der Waals surface area (Å²) in [4.78, 5) is 38.2. The largest absolute Gasteiger partial charge is 0.462 e. The smallest absolute Gasteiger partial charge is 0.306 e. The van der Waals surface area contributed by atoms with Gasteiger partial charge < -0.3 is 14.2 Å². The first-order valence-electron chi connectivity index (χ1n) is 29.5. The van der Waals surface area contributed by atoms with Crippen LogP contribution in [-0.4, -0.2) is 37.2 Å². The zero-order valence-corrected chi connectivity index (χ0v) is 44.9. The molecule has 0 aromatic heterocycles. The van der Waals surface area contributed by atoms with E-state index in [-0.39, 0.29) is 31.1 Å². The lowest BCUT2D eigenvalue weighted by atomic mass is 10.0. The number of rotatable bonds is 54. The van der Waals surface area contributed by atoms with E-state index in [1.807, 2.05) is 0 Å². The Morgan fingerprint density at radius 1 is 0.313 bits per heavy atom. The molecule has 392 valence electrons. The van der Waals surface area contributed by atoms with Crippen LogP contribution in [0.5, 0.6) is 0 Å². The van der Waals surface area contributed by atoms with E-state index in [0.717, 1.165) is 83.5 Å². The number of allylic oxidation sites excluding steroid dienone is 6. The van der Waals surface area contributed by atoms with Gasteiger partial charge in [0, 0.05) is 19.3 Å². The van der Waals surface area contributed by atoms with Crippen LogP contribution in [0.15, 0.2) is 36.5 Å². The molecule has 0 saturated carbocycles. The van der Waals surface area contributed by atoms with E-state index >= 15 is 0 Å². The highest BCUT2D eigenvalue weighted by Gasteiger charge is 2.19. The summed E-state index contributed by atoms with van der Waals surface area (Å²) in [5.41, 5.74) is 0. The summed E-state index contributed by atoms with van der Waals surface area (Å²) in [6.45, 7) is 6.54. The van der Waals surface area contributed by atoms with E-state index in [1.54, 1.807) is 0 Å². The Labute approximate surface area is 416 Å². The van der Waals surface area contributed by atoms with Crippen molar-refractivity contribution in [3.05, 3.63) is 36.5 Å². The highest BCUT2D eigenvalue weighted by atomic mass is 16.6. The second-order valence-electron chi connectivity index (χ2n) is 20.0. The molecule has 0 amide bonds. The van der Waals surface area contributed by atoms with Gasteiger partial charge in [-0.2, -0.15) is 0 Å². The fraction of sp³-hybridized carbons (Fsp3) is 0.852. The molecule has 6 heteroatoms. The summed E-state index contributed by atoms with van der Waals surface area (Å²) in [6.07, 6.45) is 67.1. The van der Waals surface area contributed by atoms with Gasteiger partial charge in [-0.05, 0) is 38.5 Å². The molecule has 67 heavy (non-hydrogen) atoms. The molecular formula is C61H112O6. The lowest BCUT2D eigenvalue weighted by molar-refractivity contribution is -0.167. The summed E-state index contributed by atoms with van der Waals surface area (Å²) in [6, 6.07) is 0. The van der Waals surface area contributed by atoms with Crippen LogP contribution in [0, 0.1) is 0 Å². The molecule has 0 aromatic rings. The number of esters is 3. The molecule has 0 bridgehead atoms. The summed E-state index contributed by atoms with van der Waals surface area (Å²) >= 11 is 0. The van der Waals surface area contributed by atoms with E-state index in [1.165, 1.54) is 193 Å². The van der Waals surface area contributed by atoms with Gasteiger partial charge in [0.15, 0.2) is 6.10 Å². The molecule has 6 nitrogen and oxygen atoms in total. The Balaban J connectivity index is 4.31. The van der Waals surface area contributed by atoms with Gasteiger partial charge >= 0.3 is 17.9 Å². The fourth-order valence-electron chi connectivity index (χ4n) is 8.80. The molecule has 0 spiro atoms. The predicted molar refractivity (Wildman–Crippen MR) is 289 cm³/mol. The molecule has 0 saturated heterocycles. The Hall–Kier alpha value is -2.37. The fourth-order valence-corrected chi connectivity index (χ4v) is 8.80. The first kappa shape index (κ1) is 64.6. The SMILES string of the molecule is CC\C=C/C=C\C=C/CCCCCCCC(=O)OCC(COC(=O)CCCCCCCCCCCCCCCCCCCCC)OC(=O)CCCCCCCCCCCCCCCCCCC. The van der Waals surface area contributed by atoms with Gasteiger partial charge in [0.2, 0.25) is 0 Å². The molecule has 0 aliphatic carbocycles. The van der Waals surface area contributed by atoms with Crippen molar-refractivity contribution in [3.8, 4) is 0 Å². The van der Waals surface area contributed by atoms with Crippen molar-refractivity contribution in [1.82, 2.24) is 0 Å². The van der Waals surface area contributed by atoms with Gasteiger partial charge in [-0.25, -0.2) is 0 Å². The van der Waals surface area contributed by atoms with Crippen molar-refractivity contribution in [2.45, 2.75) is 322 Å². The van der Waals surface area contributed by atoms with Crippen molar-refractivity contribution in [3.63, 3.8) is 0 Å². The predicted octanol–water partition coefficient (Wildman–Crippen LogP) is 19.7. The average molecular weight is 942 g/mol. The van der Waals surface area contributed by atoms with Gasteiger partial charge in [0.1, 0.15) is 13.2 Å². The number of unbranched alkanes of at least 4 members (excludes halogenated alkanes) is 39. The van der Waals surface area contributed by atoms with Crippen molar-refractivity contribution in [2.24, 2.45) is 0 Å². The quantitative estimate of drug-likeness (QED) is 0.0262. The van der Waals surface area contributed by atoms with E-state index < -0.39 is 6.10 Å². The molecule has 0 aliphatic rings. The molecule has 1 atom stereocenters. The Morgan fingerprint density at radius 2 is 0.582 bits per heavy atom. The molecule has 0 rings (SSSR count). The summed E-state index contributed by atoms with van der Waals surface area (Å²) < 4.78 is 16.9. The van der Waals surface area contributed by atoms with Crippen molar-refractivity contribution >= 4 is 17.9 Å². The van der Waals surface area contributed by atoms with Gasteiger partial charge in [0.05, 0.1) is 0 Å². The van der Waals surface area contributed by atoms with E-state index in [2.05, 4.69) is 57.2 Å². The Kier molecular flexibility index (Phi) is 54.2. The van der Waals surface area contributed by atoms with Crippen molar-refractivity contribution < 1.29 is 28.6 Å². The lowest BCUT2D eigenvalue weighted by Crippen LogP contribution is -2.30. The van der Waals surface area contributed by atoms with E-state index in [9.17, 15) is 14.4 Å². The maximum atomic E-state index is 12.9. The third-order valence-electron chi connectivity index (χ3n) is 13.2. The van der Waals surface area contributed by atoms with Crippen LogP contribution in [0.3, 0.4) is 0 Å². The van der Waals surface area contributed by atoms with Crippen LogP contribution >= 0.6 is 0 Å². The van der Waals surface area contributed by atoms with Crippen molar-refractivity contribution in [1.29, 1.82) is 0 Å². The monoisotopic (exact) mass is 941 g/mol. The third kappa shape index (κ3) is 54.4. The number of hydrogen-bond donors (Lipinski definition) is 0. The van der Waals surface area contributed by atoms with Crippen LogP contribution in [0.1, 0.15) is 316 Å². The molecule has 1 unspecified atom stereocenters. The molecule has 0 fully saturated rings. The molecule has 0 radical (unpaired) electrons. The highest BCUT2D eigenvalue weighted by Crippen LogP contribution is 2.17. The number of ether oxygens (including phenoxy) is 3. The molecule has 0 heterocycles. The van der Waals surface area contributed by atoms with E-state index in [0.29, 0.717) is 19.3 Å². The normalized spacial score (nSPS) is 12.2. The van der Waals surface area contributed by atoms with Gasteiger partial charge in [-0.3, -0.25) is 14.4 Å². The minimum atomic E-state index is -0.776. The third-order valence-corrected chi connectivity index (χ3v) is 13.2. The summed E-state index contributed by atoms with van der Waals surface area (Å²) in [7, 11) is 0. The first-order valence-corrected chi connectivity index (χ1v) is 29.5. The second kappa shape index (κ2) is 56.2. The van der Waals surface area contributed by atoms with Crippen LogP contribution in [0.4, 0.5) is 0 Å². The lowest BCUT2D eigenvalue weighted by Gasteiger charge is -2.18. The second-order valence-corrected chi connectivity index (χ2v) is 20.0. The maximum Gasteiger partial charge on any atom is 0.306 e. The Bertz CT molecular complexity index is 1130. The van der Waals surface area contributed by atoms with Crippen LogP contribution in [0.2, 0.25) is 0 Å². The van der Waals surface area contributed by atoms with Crippen molar-refractivity contribution in [2.75, 3.05) is 13.2 Å².